The first-order valence-corrected chi connectivity index (χ1v) is 10.6. The fourth-order valence-electron chi connectivity index (χ4n) is 2.55. The van der Waals surface area contributed by atoms with Gasteiger partial charge in [0.1, 0.15) is 5.78 Å². The molecule has 0 saturated heterocycles. The van der Waals surface area contributed by atoms with Crippen LogP contribution in [0.2, 0.25) is 0 Å². The molecule has 0 aliphatic rings. The first-order valence-electron chi connectivity index (χ1n) is 8.95. The van der Waals surface area contributed by atoms with Gasteiger partial charge in [-0.3, -0.25) is 9.59 Å². The molecule has 0 aliphatic heterocycles. The van der Waals surface area contributed by atoms with Crippen LogP contribution in [-0.2, 0) is 16.1 Å². The van der Waals surface area contributed by atoms with E-state index in [2.05, 4.69) is 15.9 Å². The molecule has 27 heavy (non-hydrogen) atoms. The predicted molar refractivity (Wildman–Crippen MR) is 115 cm³/mol. The largest absolute Gasteiger partial charge is 0.314 e. The van der Waals surface area contributed by atoms with Gasteiger partial charge in [0.2, 0.25) is 5.91 Å². The number of carbonyl (C=O) groups is 2. The first kappa shape index (κ1) is 21.5. The Morgan fingerprint density at radius 2 is 1.78 bits per heavy atom. The molecule has 3 nitrogen and oxygen atoms in total. The van der Waals surface area contributed by atoms with Crippen molar-refractivity contribution >= 4 is 39.4 Å². The van der Waals surface area contributed by atoms with E-state index in [1.54, 1.807) is 16.7 Å². The monoisotopic (exact) mass is 445 g/mol. The quantitative estimate of drug-likeness (QED) is 0.441. The second kappa shape index (κ2) is 11.1. The summed E-state index contributed by atoms with van der Waals surface area (Å²) in [6.07, 6.45) is 2.55. The molecule has 0 radical (unpaired) electrons. The Morgan fingerprint density at radius 1 is 1.11 bits per heavy atom. The Kier molecular flexibility index (Phi) is 8.82. The van der Waals surface area contributed by atoms with Crippen molar-refractivity contribution in [2.75, 3.05) is 0 Å². The number of halogens is 1. The fourth-order valence-corrected chi connectivity index (χ4v) is 3.64. The van der Waals surface area contributed by atoms with E-state index in [0.717, 1.165) is 14.9 Å². The first-order chi connectivity index (χ1) is 13.0. The van der Waals surface area contributed by atoms with E-state index in [1.165, 1.54) is 0 Å². The maximum atomic E-state index is 13.0. The molecule has 0 spiro atoms. The van der Waals surface area contributed by atoms with Crippen LogP contribution in [0.25, 0.3) is 0 Å². The van der Waals surface area contributed by atoms with Crippen molar-refractivity contribution in [1.82, 2.24) is 4.90 Å². The number of benzene rings is 2. The van der Waals surface area contributed by atoms with Gasteiger partial charge >= 0.3 is 0 Å². The molecule has 2 aromatic carbocycles. The summed E-state index contributed by atoms with van der Waals surface area (Å²) in [6.45, 7) is 4.10. The fraction of sp³-hybridized carbons (Fsp3) is 0.273. The van der Waals surface area contributed by atoms with Gasteiger partial charge in [0.15, 0.2) is 0 Å². The van der Waals surface area contributed by atoms with Gasteiger partial charge in [0.05, 0.1) is 6.54 Å². The summed E-state index contributed by atoms with van der Waals surface area (Å²) >= 11 is 5.10. The van der Waals surface area contributed by atoms with Gasteiger partial charge in [-0.15, -0.1) is 0 Å². The zero-order valence-electron chi connectivity index (χ0n) is 15.6. The molecule has 142 valence electrons. The third-order valence-corrected chi connectivity index (χ3v) is 5.70. The normalized spacial score (nSPS) is 12.1. The van der Waals surface area contributed by atoms with Crippen LogP contribution in [0.3, 0.4) is 0 Å². The van der Waals surface area contributed by atoms with Gasteiger partial charge in [0, 0.05) is 34.3 Å². The highest BCUT2D eigenvalue weighted by Crippen LogP contribution is 2.22. The highest BCUT2D eigenvalue weighted by atomic mass is 79.9. The maximum Gasteiger partial charge on any atom is 0.230 e. The maximum absolute atomic E-state index is 13.0. The van der Waals surface area contributed by atoms with Crippen molar-refractivity contribution < 1.29 is 9.59 Å². The van der Waals surface area contributed by atoms with Crippen LogP contribution >= 0.6 is 27.7 Å². The summed E-state index contributed by atoms with van der Waals surface area (Å²) in [5.41, 5.74) is 1.02. The number of Topliss-reactive ketones (excluding diaryl/α,β-unsaturated/α-hetero) is 1. The van der Waals surface area contributed by atoms with Crippen molar-refractivity contribution in [3.8, 4) is 0 Å². The third kappa shape index (κ3) is 7.00. The number of ketones is 1. The Bertz CT molecular complexity index is 792. The van der Waals surface area contributed by atoms with Gasteiger partial charge in [-0.25, -0.2) is 0 Å². The van der Waals surface area contributed by atoms with Gasteiger partial charge in [-0.05, 0) is 29.2 Å². The van der Waals surface area contributed by atoms with Gasteiger partial charge < -0.3 is 4.90 Å². The highest BCUT2D eigenvalue weighted by molar-refractivity contribution is 9.10. The lowest BCUT2D eigenvalue weighted by Gasteiger charge is -2.23. The van der Waals surface area contributed by atoms with Crippen molar-refractivity contribution in [3.63, 3.8) is 0 Å². The minimum absolute atomic E-state index is 0.0440. The molecule has 0 bridgehead atoms. The molecule has 0 aromatic heterocycles. The van der Waals surface area contributed by atoms with Crippen molar-refractivity contribution in [2.45, 2.75) is 38.1 Å². The zero-order chi connectivity index (χ0) is 19.6. The average molecular weight is 446 g/mol. The second-order valence-electron chi connectivity index (χ2n) is 6.27. The van der Waals surface area contributed by atoms with Gasteiger partial charge in [0.25, 0.3) is 0 Å². The lowest BCUT2D eigenvalue weighted by atomic mass is 10.0. The predicted octanol–water partition coefficient (Wildman–Crippen LogP) is 6.05. The van der Waals surface area contributed by atoms with Crippen LogP contribution in [0.15, 0.2) is 75.6 Å². The summed E-state index contributed by atoms with van der Waals surface area (Å²) in [5.74, 6) is -0.275. The molecule has 2 rings (SSSR count). The van der Waals surface area contributed by atoms with E-state index in [1.807, 2.05) is 80.1 Å². The average Bonchev–Trinajstić information content (AvgIpc) is 2.68. The Morgan fingerprint density at radius 3 is 2.44 bits per heavy atom. The van der Waals surface area contributed by atoms with Crippen molar-refractivity contribution in [3.05, 3.63) is 76.2 Å². The number of amides is 1. The van der Waals surface area contributed by atoms with Crippen LogP contribution in [0.5, 0.6) is 0 Å². The van der Waals surface area contributed by atoms with E-state index >= 15 is 0 Å². The van der Waals surface area contributed by atoms with E-state index < -0.39 is 0 Å². The summed E-state index contributed by atoms with van der Waals surface area (Å²) in [5, 5.41) is 1.92. The molecule has 1 amide bonds. The Labute approximate surface area is 174 Å². The molecule has 2 aromatic rings. The molecular formula is C22H24BrNO2S. The number of thioether (sulfide) groups is 1. The molecule has 0 fully saturated rings. The van der Waals surface area contributed by atoms with Crippen LogP contribution in [0.1, 0.15) is 32.3 Å². The minimum atomic E-state index is -0.341. The standard InChI is InChI=1S/C22H24BrNO2S/c1-3-19(25)15-17(2)22(26)24(16-18-9-7-8-12-21(18)23)13-14-27-20-10-5-4-6-11-20/h4-14,17H,3,15-16H2,1-2H3/b14-13+. The molecular weight excluding hydrogens is 422 g/mol. The molecule has 0 aliphatic carbocycles. The molecule has 1 unspecified atom stereocenters. The van der Waals surface area contributed by atoms with Crippen LogP contribution in [0.4, 0.5) is 0 Å². The van der Waals surface area contributed by atoms with Gasteiger partial charge in [-0.1, -0.05) is 77.9 Å². The topological polar surface area (TPSA) is 37.4 Å². The highest BCUT2D eigenvalue weighted by Gasteiger charge is 2.21. The Hall–Kier alpha value is -1.85. The molecule has 0 heterocycles. The smallest absolute Gasteiger partial charge is 0.230 e. The molecule has 5 heteroatoms. The van der Waals surface area contributed by atoms with Crippen molar-refractivity contribution in [1.29, 1.82) is 0 Å². The Balaban J connectivity index is 2.15. The summed E-state index contributed by atoms with van der Waals surface area (Å²) < 4.78 is 0.962. The van der Waals surface area contributed by atoms with Crippen LogP contribution < -0.4 is 0 Å². The second-order valence-corrected chi connectivity index (χ2v) is 8.10. The van der Waals surface area contributed by atoms with Crippen LogP contribution in [0, 0.1) is 5.92 Å². The molecule has 0 N–H and O–H groups in total. The zero-order valence-corrected chi connectivity index (χ0v) is 18.0. The van der Waals surface area contributed by atoms with Crippen LogP contribution in [-0.4, -0.2) is 16.6 Å². The van der Waals surface area contributed by atoms with Crippen molar-refractivity contribution in [2.24, 2.45) is 5.92 Å². The molecule has 0 saturated carbocycles. The SMILES string of the molecule is CCC(=O)CC(C)C(=O)N(/C=C/Sc1ccccc1)Cc1ccccc1Br. The lowest BCUT2D eigenvalue weighted by molar-refractivity contribution is -0.135. The van der Waals surface area contributed by atoms with Gasteiger partial charge in [-0.2, -0.15) is 0 Å². The number of carbonyl (C=O) groups excluding carboxylic acids is 2. The number of nitrogens with zero attached hydrogens (tertiary/aromatic N) is 1. The number of hydrogen-bond acceptors (Lipinski definition) is 3. The third-order valence-electron chi connectivity index (χ3n) is 4.12. The molecule has 1 atom stereocenters. The number of hydrogen-bond donors (Lipinski definition) is 0. The minimum Gasteiger partial charge on any atom is -0.314 e. The van der Waals surface area contributed by atoms with E-state index in [9.17, 15) is 9.59 Å². The van der Waals surface area contributed by atoms with E-state index in [4.69, 9.17) is 0 Å². The summed E-state index contributed by atoms with van der Waals surface area (Å²) in [6, 6.07) is 17.8. The van der Waals surface area contributed by atoms with E-state index in [-0.39, 0.29) is 24.0 Å². The lowest BCUT2D eigenvalue weighted by Crippen LogP contribution is -2.31. The summed E-state index contributed by atoms with van der Waals surface area (Å²) in [4.78, 5) is 27.5. The number of rotatable bonds is 9. The summed E-state index contributed by atoms with van der Waals surface area (Å²) in [7, 11) is 0. The van der Waals surface area contributed by atoms with E-state index in [0.29, 0.717) is 13.0 Å².